The molecule has 314 valence electrons. The molecule has 0 aromatic rings. The molecule has 0 rings (SSSR count). The van der Waals surface area contributed by atoms with Crippen LogP contribution in [-0.4, -0.2) is 64.9 Å². The number of hydrogen-bond acceptors (Lipinski definition) is 8. The molecule has 3 atom stereocenters. The van der Waals surface area contributed by atoms with Crippen molar-refractivity contribution in [1.82, 2.24) is 5.32 Å². The molecule has 0 aliphatic heterocycles. The highest BCUT2D eigenvalue weighted by atomic mass is 31.2. The summed E-state index contributed by atoms with van der Waals surface area (Å²) in [5.74, 6) is -2.43. The molecule has 0 aromatic heterocycles. The summed E-state index contributed by atoms with van der Waals surface area (Å²) in [5, 5.41) is 21.8. The molecule has 4 N–H and O–H groups in total. The summed E-state index contributed by atoms with van der Waals surface area (Å²) in [6.07, 6.45) is 43.6. The molecule has 0 saturated heterocycles. The highest BCUT2D eigenvalue weighted by Gasteiger charge is 2.28. The number of unbranched alkanes of at least 4 members (excludes halogenated alkanes) is 11. The Morgan fingerprint density at radius 1 is 0.600 bits per heavy atom. The number of nitrogens with one attached hydrogen (secondary N) is 1. The fourth-order valence-electron chi connectivity index (χ4n) is 5.04. The molecule has 12 heteroatoms. The first kappa shape index (κ1) is 51.9. The van der Waals surface area contributed by atoms with E-state index in [1.54, 1.807) is 0 Å². The summed E-state index contributed by atoms with van der Waals surface area (Å²) < 4.78 is 26.7. The Hall–Kier alpha value is -3.08. The number of phosphoric ester groups is 1. The van der Waals surface area contributed by atoms with Gasteiger partial charge in [0.25, 0.3) is 0 Å². The number of carbonyl (C=O) groups excluding carboxylic acids is 2. The lowest BCUT2D eigenvalue weighted by molar-refractivity contribution is -0.147. The van der Waals surface area contributed by atoms with E-state index in [4.69, 9.17) is 13.8 Å². The van der Waals surface area contributed by atoms with E-state index in [9.17, 15) is 34.1 Å². The van der Waals surface area contributed by atoms with Crippen LogP contribution in [0, 0.1) is 0 Å². The monoisotopic (exact) mass is 793 g/mol. The van der Waals surface area contributed by atoms with E-state index in [1.165, 1.54) is 19.3 Å². The zero-order valence-electron chi connectivity index (χ0n) is 33.7. The van der Waals surface area contributed by atoms with Crippen molar-refractivity contribution in [2.75, 3.05) is 19.8 Å². The van der Waals surface area contributed by atoms with Crippen LogP contribution in [0.5, 0.6) is 0 Å². The average molecular weight is 794 g/mol. The second kappa shape index (κ2) is 37.8. The van der Waals surface area contributed by atoms with Gasteiger partial charge in [-0.25, -0.2) is 9.36 Å². The minimum atomic E-state index is -4.77. The number of amides is 1. The summed E-state index contributed by atoms with van der Waals surface area (Å²) >= 11 is 0. The molecule has 0 aromatic carbocycles. The fourth-order valence-corrected chi connectivity index (χ4v) is 5.81. The molecule has 11 nitrogen and oxygen atoms in total. The molecule has 1 amide bonds. The topological polar surface area (TPSA) is 169 Å². The molecule has 0 bridgehead atoms. The van der Waals surface area contributed by atoms with Gasteiger partial charge in [-0.2, -0.15) is 0 Å². The van der Waals surface area contributed by atoms with E-state index in [1.807, 2.05) is 0 Å². The van der Waals surface area contributed by atoms with Gasteiger partial charge in [-0.05, 0) is 83.5 Å². The highest BCUT2D eigenvalue weighted by molar-refractivity contribution is 7.47. The van der Waals surface area contributed by atoms with E-state index >= 15 is 0 Å². The number of carboxylic acids is 1. The number of aliphatic carboxylic acids is 1. The quantitative estimate of drug-likeness (QED) is 0.0206. The van der Waals surface area contributed by atoms with Crippen molar-refractivity contribution < 1.29 is 47.8 Å². The molecular weight excluding hydrogens is 721 g/mol. The zero-order chi connectivity index (χ0) is 40.7. The fraction of sp³-hybridized carbons (Fsp3) is 0.651. The zero-order valence-corrected chi connectivity index (χ0v) is 34.6. The minimum Gasteiger partial charge on any atom is -0.480 e. The van der Waals surface area contributed by atoms with Crippen LogP contribution in [0.4, 0.5) is 0 Å². The third-order valence-corrected chi connectivity index (χ3v) is 9.18. The predicted molar refractivity (Wildman–Crippen MR) is 221 cm³/mol. The number of carboxylic acid groups (broad SMARTS) is 1. The maximum Gasteiger partial charge on any atom is 0.472 e. The number of aliphatic hydroxyl groups excluding tert-OH is 1. The van der Waals surface area contributed by atoms with Crippen molar-refractivity contribution in [2.24, 2.45) is 0 Å². The molecule has 0 saturated carbocycles. The van der Waals surface area contributed by atoms with E-state index < -0.39 is 57.6 Å². The van der Waals surface area contributed by atoms with Gasteiger partial charge in [-0.15, -0.1) is 0 Å². The third kappa shape index (κ3) is 37.6. The largest absolute Gasteiger partial charge is 0.480 e. The van der Waals surface area contributed by atoms with Crippen molar-refractivity contribution in [1.29, 1.82) is 0 Å². The lowest BCUT2D eigenvalue weighted by atomic mass is 10.1. The molecule has 0 radical (unpaired) electrons. The number of aliphatic hydroxyl groups is 1. The highest BCUT2D eigenvalue weighted by Crippen LogP contribution is 2.43. The molecular formula is C43H72NO10P. The average Bonchev–Trinajstić information content (AvgIpc) is 3.16. The van der Waals surface area contributed by atoms with Gasteiger partial charge in [0.15, 0.2) is 6.04 Å². The molecule has 0 aliphatic rings. The third-order valence-electron chi connectivity index (χ3n) is 8.23. The molecule has 0 heterocycles. The Balaban J connectivity index is 4.00. The van der Waals surface area contributed by atoms with Crippen LogP contribution in [0.2, 0.25) is 0 Å². The minimum absolute atomic E-state index is 0.129. The number of phosphoric acid groups is 1. The van der Waals surface area contributed by atoms with Crippen LogP contribution in [0.15, 0.2) is 72.9 Å². The Labute approximate surface area is 331 Å². The smallest absolute Gasteiger partial charge is 0.472 e. The first-order valence-electron chi connectivity index (χ1n) is 20.5. The predicted octanol–water partition coefficient (Wildman–Crippen LogP) is 10.2. The van der Waals surface area contributed by atoms with E-state index in [0.29, 0.717) is 12.8 Å². The van der Waals surface area contributed by atoms with Crippen LogP contribution < -0.4 is 5.32 Å². The number of rotatable bonds is 37. The van der Waals surface area contributed by atoms with Gasteiger partial charge in [-0.1, -0.05) is 125 Å². The van der Waals surface area contributed by atoms with Crippen LogP contribution in [0.3, 0.4) is 0 Å². The van der Waals surface area contributed by atoms with E-state index in [0.717, 1.165) is 89.9 Å². The van der Waals surface area contributed by atoms with Gasteiger partial charge >= 0.3 is 19.8 Å². The number of carbonyl (C=O) groups is 3. The summed E-state index contributed by atoms with van der Waals surface area (Å²) in [6.45, 7) is 2.38. The first-order chi connectivity index (χ1) is 26.6. The van der Waals surface area contributed by atoms with Crippen molar-refractivity contribution >= 4 is 25.7 Å². The van der Waals surface area contributed by atoms with Gasteiger partial charge < -0.3 is 25.2 Å². The number of ether oxygens (including phenoxy) is 1. The van der Waals surface area contributed by atoms with Gasteiger partial charge in [0, 0.05) is 12.8 Å². The number of esters is 1. The van der Waals surface area contributed by atoms with Crippen molar-refractivity contribution in [3.05, 3.63) is 72.9 Å². The molecule has 55 heavy (non-hydrogen) atoms. The number of hydrogen-bond donors (Lipinski definition) is 4. The van der Waals surface area contributed by atoms with E-state index in [-0.39, 0.29) is 12.8 Å². The van der Waals surface area contributed by atoms with Crippen LogP contribution in [-0.2, 0) is 32.7 Å². The first-order valence-corrected chi connectivity index (χ1v) is 22.0. The van der Waals surface area contributed by atoms with Crippen LogP contribution in [0.1, 0.15) is 149 Å². The summed E-state index contributed by atoms with van der Waals surface area (Å²) in [7, 11) is -4.77. The Bertz CT molecular complexity index is 1210. The standard InChI is InChI=1S/C43H72NO10P/c1-3-5-7-9-11-13-15-17-18-19-20-21-22-23-25-27-29-31-33-35-42(47)52-36-39(45)37-53-55(50,51)54-38-40(43(48)49)44-41(46)34-32-30-28-26-24-16-14-12-10-8-6-4-2/h5,7,11-14,17-18,20-21,23,25,39-40,45H,3-4,6,8-10,15-16,19,22,24,26-38H2,1-2H3,(H,44,46)(H,48,49)(H,50,51)/b7-5-,13-11-,14-12-,18-17-,21-20-,25-23-. The molecule has 0 spiro atoms. The lowest BCUT2D eigenvalue weighted by Crippen LogP contribution is -2.43. The normalized spacial score (nSPS) is 14.5. The van der Waals surface area contributed by atoms with Crippen LogP contribution >= 0.6 is 7.82 Å². The lowest BCUT2D eigenvalue weighted by Gasteiger charge is -2.18. The van der Waals surface area contributed by atoms with Crippen LogP contribution in [0.25, 0.3) is 0 Å². The maximum absolute atomic E-state index is 12.2. The summed E-state index contributed by atoms with van der Waals surface area (Å²) in [6, 6.07) is -1.56. The van der Waals surface area contributed by atoms with Gasteiger partial charge in [0.2, 0.25) is 5.91 Å². The van der Waals surface area contributed by atoms with Gasteiger partial charge in [0.05, 0.1) is 13.2 Å². The second-order valence-electron chi connectivity index (χ2n) is 13.4. The van der Waals surface area contributed by atoms with Crippen molar-refractivity contribution in [2.45, 2.75) is 161 Å². The molecule has 0 fully saturated rings. The summed E-state index contributed by atoms with van der Waals surface area (Å²) in [4.78, 5) is 45.8. The van der Waals surface area contributed by atoms with Gasteiger partial charge in [-0.3, -0.25) is 18.6 Å². The Kier molecular flexibility index (Phi) is 35.7. The number of allylic oxidation sites excluding steroid dienone is 12. The Morgan fingerprint density at radius 2 is 1.05 bits per heavy atom. The maximum atomic E-state index is 12.2. The second-order valence-corrected chi connectivity index (χ2v) is 14.9. The van der Waals surface area contributed by atoms with E-state index in [2.05, 4.69) is 92.1 Å². The van der Waals surface area contributed by atoms with Crippen molar-refractivity contribution in [3.8, 4) is 0 Å². The molecule has 3 unspecified atom stereocenters. The SMILES string of the molecule is CC/C=C\C/C=C\C/C=C\C/C=C\C/C=C\CCCCCC(=O)OCC(O)COP(=O)(O)OCC(NC(=O)CCCCCCC/C=C\CCCCC)C(=O)O. The van der Waals surface area contributed by atoms with Crippen molar-refractivity contribution in [3.63, 3.8) is 0 Å². The summed E-state index contributed by atoms with van der Waals surface area (Å²) in [5.41, 5.74) is 0. The molecule has 0 aliphatic carbocycles. The van der Waals surface area contributed by atoms with Gasteiger partial charge in [0.1, 0.15) is 12.7 Å². The Morgan fingerprint density at radius 3 is 1.62 bits per heavy atom.